The van der Waals surface area contributed by atoms with Gasteiger partial charge in [-0.2, -0.15) is 0 Å². The third-order valence-electron chi connectivity index (χ3n) is 34.8. The predicted octanol–water partition coefficient (Wildman–Crippen LogP) is 41.6. The van der Waals surface area contributed by atoms with E-state index in [0.29, 0.717) is 0 Å². The van der Waals surface area contributed by atoms with Crippen LogP contribution in [-0.2, 0) is 21.7 Å². The van der Waals surface area contributed by atoms with E-state index in [-0.39, 0.29) is 21.7 Å². The van der Waals surface area contributed by atoms with E-state index in [9.17, 15) is 0 Å². The lowest BCUT2D eigenvalue weighted by atomic mass is 9.78. The lowest BCUT2D eigenvalue weighted by molar-refractivity contribution is 0.661. The summed E-state index contributed by atoms with van der Waals surface area (Å²) in [5.41, 5.74) is 37.5. The smallest absolute Gasteiger partial charge is 0.0355 e. The molecule has 4 aliphatic carbocycles. The van der Waals surface area contributed by atoms with E-state index in [1.54, 1.807) is 0 Å². The van der Waals surface area contributed by atoms with E-state index in [1.807, 2.05) is 11.3 Å². The molecule has 32 rings (SSSR count). The van der Waals surface area contributed by atoms with Gasteiger partial charge >= 0.3 is 0 Å². The zero-order valence-electron chi connectivity index (χ0n) is 84.4. The normalized spacial score (nSPS) is 14.0. The van der Waals surface area contributed by atoms with Crippen LogP contribution in [0.25, 0.3) is 271 Å². The maximum atomic E-state index is 2.54. The molecule has 1 heterocycles. The van der Waals surface area contributed by atoms with Gasteiger partial charge in [-0.3, -0.25) is 0 Å². The fourth-order valence-electron chi connectivity index (χ4n) is 27.9. The minimum Gasteiger partial charge on any atom is -0.135 e. The van der Waals surface area contributed by atoms with E-state index in [4.69, 9.17) is 0 Å². The van der Waals surface area contributed by atoms with Crippen LogP contribution in [0.2, 0.25) is 0 Å². The Balaban J connectivity index is 0.000000103. The van der Waals surface area contributed by atoms with Gasteiger partial charge in [-0.05, 0) is 363 Å². The topological polar surface area (TPSA) is 0 Å². The quantitative estimate of drug-likeness (QED) is 0.115. The van der Waals surface area contributed by atoms with Gasteiger partial charge in [-0.15, -0.1) is 11.3 Å². The largest absolute Gasteiger partial charge is 0.135 e. The standard InChI is InChI=1S/C52H38.C51H34.C45H30S/c1-51(2)43-26-14-13-24-39(43)49-34-19-8-7-18-33(34)41(30-46(49)51)48-37-22-11-9-20-35(37)47(36-21-10-12-23-38(36)48)40-25-15-27-44-50(40)42-28-31-16-5-6-17-32(31)29-45(42)52(44,3)4;1-51(2)45-25-13-24-42(50(45)44-28-32-15-3-4-16-33(32)30-46(44)51)48-38-20-9-11-22-40(38)49(41-23-12-10-21-39(41)48)43-29-34-27-26-31-14-5-6-17-35(31)47(34)37-19-8-7-18-36(37)43;1-45(2)38-20-11-19-35(44(38)37-24-27-12-3-4-13-28(27)26-39(37)45)43-33-17-7-5-15-31(33)42(32-16-6-8-18-34(32)43)29-22-23-41-36(25-29)30-14-9-10-21-40(30)46-41/h5-30H,1-4H3;3-30H,1-2H3;3-26H,1-2H3. The summed E-state index contributed by atoms with van der Waals surface area (Å²) in [7, 11) is 0. The first-order valence-electron chi connectivity index (χ1n) is 52.7. The van der Waals surface area contributed by atoms with Crippen LogP contribution in [-0.4, -0.2) is 0 Å². The second kappa shape index (κ2) is 32.5. The molecule has 1 aromatic heterocycles. The molecule has 0 bridgehead atoms. The van der Waals surface area contributed by atoms with Crippen molar-refractivity contribution in [2.75, 3.05) is 0 Å². The van der Waals surface area contributed by atoms with Crippen LogP contribution in [0.15, 0.2) is 473 Å². The van der Waals surface area contributed by atoms with Gasteiger partial charge in [0.15, 0.2) is 0 Å². The lowest BCUT2D eigenvalue weighted by Gasteiger charge is -2.25. The van der Waals surface area contributed by atoms with Crippen molar-refractivity contribution in [3.05, 3.63) is 518 Å². The van der Waals surface area contributed by atoms with Crippen LogP contribution in [0.3, 0.4) is 0 Å². The number of hydrogen-bond donors (Lipinski definition) is 0. The second-order valence-corrected chi connectivity index (χ2v) is 45.1. The molecular formula is C148H102S. The van der Waals surface area contributed by atoms with Crippen LogP contribution >= 0.6 is 11.3 Å². The predicted molar refractivity (Wildman–Crippen MR) is 643 cm³/mol. The Morgan fingerprint density at radius 3 is 0.805 bits per heavy atom. The van der Waals surface area contributed by atoms with Crippen LogP contribution in [0.1, 0.15) is 99.9 Å². The molecule has 149 heavy (non-hydrogen) atoms. The minimum atomic E-state index is -0.107. The molecular weight excluding hydrogens is 1810 g/mol. The molecule has 27 aromatic carbocycles. The summed E-state index contributed by atoms with van der Waals surface area (Å²) in [6, 6.07) is 178. The first-order valence-corrected chi connectivity index (χ1v) is 53.6. The van der Waals surface area contributed by atoms with E-state index >= 15 is 0 Å². The highest BCUT2D eigenvalue weighted by Crippen LogP contribution is 2.63. The number of rotatable bonds is 6. The van der Waals surface area contributed by atoms with Crippen molar-refractivity contribution in [1.29, 1.82) is 0 Å². The zero-order valence-corrected chi connectivity index (χ0v) is 85.3. The van der Waals surface area contributed by atoms with Crippen molar-refractivity contribution in [1.82, 2.24) is 0 Å². The van der Waals surface area contributed by atoms with Crippen molar-refractivity contribution in [3.8, 4) is 111 Å². The molecule has 1 heteroatoms. The summed E-state index contributed by atoms with van der Waals surface area (Å²) in [5.74, 6) is 0. The van der Waals surface area contributed by atoms with Gasteiger partial charge in [0.05, 0.1) is 0 Å². The highest BCUT2D eigenvalue weighted by molar-refractivity contribution is 7.25. The van der Waals surface area contributed by atoms with Crippen LogP contribution in [0, 0.1) is 0 Å². The highest BCUT2D eigenvalue weighted by atomic mass is 32.1. The molecule has 0 N–H and O–H groups in total. The summed E-state index contributed by atoms with van der Waals surface area (Å²) in [5, 5.41) is 36.3. The molecule has 0 nitrogen and oxygen atoms in total. The van der Waals surface area contributed by atoms with Gasteiger partial charge in [0, 0.05) is 41.8 Å². The summed E-state index contributed by atoms with van der Waals surface area (Å²) < 4.78 is 2.68. The SMILES string of the molecule is CC1(C)c2cc3ccccc3cc2-c2c(-c3c4ccccc4c(-c4cc5c(c6ccccc46)-c4ccccc4C5(C)C)c4ccccc34)cccc21.CC1(C)c2cc3ccccc3cc2-c2c(-c3c4ccccc4c(-c4cc5ccc6ccccc6c5c5ccccc45)c4ccccc34)cccc21.CC1(C)c2cc3ccccc3cc2-c2c(-c3c4ccccc4c(-c4ccc5sc6ccccc6c5c4)c4ccccc34)cccc21. The summed E-state index contributed by atoms with van der Waals surface area (Å²) in [4.78, 5) is 0. The fourth-order valence-corrected chi connectivity index (χ4v) is 29.0. The molecule has 0 unspecified atom stereocenters. The molecule has 0 fully saturated rings. The molecule has 0 radical (unpaired) electrons. The Hall–Kier alpha value is -17.5. The molecule has 0 saturated carbocycles. The number of benzene rings is 27. The Morgan fingerprint density at radius 1 is 0.128 bits per heavy atom. The molecule has 700 valence electrons. The third-order valence-corrected chi connectivity index (χ3v) is 36.0. The molecule has 0 aliphatic heterocycles. The molecule has 4 aliphatic rings. The average Bonchev–Trinajstić information content (AvgIpc) is 1.52. The average molecular weight is 1910 g/mol. The summed E-state index contributed by atoms with van der Waals surface area (Å²) in [6.45, 7) is 19.2. The number of fused-ring (bicyclic) bond motifs is 31. The number of hydrogen-bond acceptors (Lipinski definition) is 1. The van der Waals surface area contributed by atoms with E-state index < -0.39 is 0 Å². The Morgan fingerprint density at radius 2 is 0.396 bits per heavy atom. The minimum absolute atomic E-state index is 0.0883. The van der Waals surface area contributed by atoms with Crippen molar-refractivity contribution >= 4 is 172 Å². The maximum Gasteiger partial charge on any atom is 0.0355 e. The maximum absolute atomic E-state index is 2.54. The van der Waals surface area contributed by atoms with Gasteiger partial charge in [-0.25, -0.2) is 0 Å². The van der Waals surface area contributed by atoms with Crippen LogP contribution in [0.5, 0.6) is 0 Å². The van der Waals surface area contributed by atoms with E-state index in [0.717, 1.165) is 0 Å². The first kappa shape index (κ1) is 87.0. The number of thiophene rings is 1. The van der Waals surface area contributed by atoms with E-state index in [1.165, 1.54) is 316 Å². The van der Waals surface area contributed by atoms with Gasteiger partial charge in [0.1, 0.15) is 0 Å². The third kappa shape index (κ3) is 12.7. The van der Waals surface area contributed by atoms with Crippen molar-refractivity contribution in [2.24, 2.45) is 0 Å². The van der Waals surface area contributed by atoms with E-state index in [2.05, 4.69) is 529 Å². The Kier molecular flexibility index (Phi) is 19.0. The highest BCUT2D eigenvalue weighted by Gasteiger charge is 2.44. The van der Waals surface area contributed by atoms with Crippen LogP contribution < -0.4 is 0 Å². The van der Waals surface area contributed by atoms with Gasteiger partial charge in [0.25, 0.3) is 0 Å². The lowest BCUT2D eigenvalue weighted by Crippen LogP contribution is -2.15. The van der Waals surface area contributed by atoms with Crippen molar-refractivity contribution in [2.45, 2.75) is 77.0 Å². The molecule has 0 amide bonds. The second-order valence-electron chi connectivity index (χ2n) is 44.0. The Labute approximate surface area is 870 Å². The van der Waals surface area contributed by atoms with Gasteiger partial charge < -0.3 is 0 Å². The molecule has 0 spiro atoms. The zero-order chi connectivity index (χ0) is 99.3. The Bertz CT molecular complexity index is 10600. The van der Waals surface area contributed by atoms with Gasteiger partial charge in [-0.1, -0.05) is 462 Å². The van der Waals surface area contributed by atoms with Crippen molar-refractivity contribution in [3.63, 3.8) is 0 Å². The van der Waals surface area contributed by atoms with Crippen LogP contribution in [0.4, 0.5) is 0 Å². The molecule has 0 saturated heterocycles. The van der Waals surface area contributed by atoms with Crippen molar-refractivity contribution < 1.29 is 0 Å². The summed E-state index contributed by atoms with van der Waals surface area (Å²) in [6.07, 6.45) is 0. The molecule has 0 atom stereocenters. The fraction of sp³-hybridized carbons (Fsp3) is 0.0811. The summed E-state index contributed by atoms with van der Waals surface area (Å²) >= 11 is 1.88. The first-order chi connectivity index (χ1) is 73.0. The van der Waals surface area contributed by atoms with Gasteiger partial charge in [0.2, 0.25) is 0 Å². The monoisotopic (exact) mass is 1910 g/mol. The molecule has 28 aromatic rings.